The lowest BCUT2D eigenvalue weighted by Gasteiger charge is -2.17. The average Bonchev–Trinajstić information content (AvgIpc) is 2.64. The number of hydrogen-bond donors (Lipinski definition) is 4. The van der Waals surface area contributed by atoms with Gasteiger partial charge >= 0.3 is 0 Å². The molecule has 0 radical (unpaired) electrons. The van der Waals surface area contributed by atoms with Crippen LogP contribution in [0.5, 0.6) is 0 Å². The smallest absolute Gasteiger partial charge is 0.275 e. The standard InChI is InChI=1S/C17H22N6O5S/c18-15(24)14(8-10-28-21-17(19)20)23-9-4-7-13(16(23)25)22-29(26,27)11-12-5-2-1-3-6-12/h1-7,9,14,22H,8,10-11H2,(H2,18,24)(H4,19,20,21). The van der Waals surface area contributed by atoms with Crippen molar-refractivity contribution in [3.63, 3.8) is 0 Å². The fourth-order valence-corrected chi connectivity index (χ4v) is 3.73. The molecule has 0 saturated carbocycles. The van der Waals surface area contributed by atoms with Crippen molar-refractivity contribution >= 4 is 27.6 Å². The predicted octanol–water partition coefficient (Wildman–Crippen LogP) is -0.588. The molecule has 0 spiro atoms. The molecule has 1 atom stereocenters. The summed E-state index contributed by atoms with van der Waals surface area (Å²) in [6, 6.07) is 10.1. The van der Waals surface area contributed by atoms with E-state index in [2.05, 4.69) is 9.88 Å². The molecule has 1 aromatic carbocycles. The zero-order valence-electron chi connectivity index (χ0n) is 15.4. The Morgan fingerprint density at radius 2 is 1.83 bits per heavy atom. The lowest BCUT2D eigenvalue weighted by atomic mass is 10.2. The van der Waals surface area contributed by atoms with E-state index in [4.69, 9.17) is 22.0 Å². The summed E-state index contributed by atoms with van der Waals surface area (Å²) in [5, 5.41) is 3.32. The number of aromatic nitrogens is 1. The molecule has 2 aromatic rings. The van der Waals surface area contributed by atoms with Crippen LogP contribution in [0.3, 0.4) is 0 Å². The normalized spacial score (nSPS) is 12.0. The van der Waals surface area contributed by atoms with E-state index in [1.165, 1.54) is 18.3 Å². The highest BCUT2D eigenvalue weighted by Gasteiger charge is 2.21. The zero-order valence-corrected chi connectivity index (χ0v) is 16.2. The minimum absolute atomic E-state index is 0.00770. The molecule has 1 aromatic heterocycles. The van der Waals surface area contributed by atoms with Gasteiger partial charge in [0.05, 0.1) is 5.75 Å². The molecule has 0 aliphatic rings. The summed E-state index contributed by atoms with van der Waals surface area (Å²) in [5.41, 5.74) is 15.3. The third-order valence-corrected chi connectivity index (χ3v) is 5.00. The summed E-state index contributed by atoms with van der Waals surface area (Å²) in [5.74, 6) is -1.41. The Morgan fingerprint density at radius 1 is 1.14 bits per heavy atom. The first-order valence-corrected chi connectivity index (χ1v) is 10.1. The number of primary amides is 1. The Bertz CT molecular complexity index is 1030. The van der Waals surface area contributed by atoms with E-state index in [9.17, 15) is 18.0 Å². The van der Waals surface area contributed by atoms with E-state index < -0.39 is 27.5 Å². The van der Waals surface area contributed by atoms with Crippen LogP contribution >= 0.6 is 0 Å². The largest absolute Gasteiger partial charge is 0.393 e. The van der Waals surface area contributed by atoms with Gasteiger partial charge in [0, 0.05) is 12.6 Å². The number of guanidine groups is 1. The second-order valence-corrected chi connectivity index (χ2v) is 7.76. The number of carbonyl (C=O) groups excluding carboxylic acids is 1. The predicted molar refractivity (Wildman–Crippen MR) is 108 cm³/mol. The number of anilines is 1. The number of pyridine rings is 1. The number of oxime groups is 1. The van der Waals surface area contributed by atoms with E-state index >= 15 is 0 Å². The lowest BCUT2D eigenvalue weighted by Crippen LogP contribution is -2.35. The molecular weight excluding hydrogens is 400 g/mol. The zero-order chi connectivity index (χ0) is 21.4. The average molecular weight is 422 g/mol. The van der Waals surface area contributed by atoms with Crippen molar-refractivity contribution in [1.82, 2.24) is 4.57 Å². The van der Waals surface area contributed by atoms with Gasteiger partial charge in [0.1, 0.15) is 18.3 Å². The van der Waals surface area contributed by atoms with Crippen LogP contribution in [0, 0.1) is 0 Å². The highest BCUT2D eigenvalue weighted by molar-refractivity contribution is 7.91. The summed E-state index contributed by atoms with van der Waals surface area (Å²) in [6.07, 6.45) is 1.32. The van der Waals surface area contributed by atoms with Crippen LogP contribution in [0.25, 0.3) is 0 Å². The summed E-state index contributed by atoms with van der Waals surface area (Å²) < 4.78 is 28.1. The first-order valence-electron chi connectivity index (χ1n) is 8.45. The van der Waals surface area contributed by atoms with Gasteiger partial charge in [0.15, 0.2) is 0 Å². The lowest BCUT2D eigenvalue weighted by molar-refractivity contribution is -0.121. The van der Waals surface area contributed by atoms with Gasteiger partial charge in [-0.15, -0.1) is 0 Å². The van der Waals surface area contributed by atoms with Crippen molar-refractivity contribution < 1.29 is 18.0 Å². The van der Waals surface area contributed by atoms with Crippen LogP contribution in [-0.4, -0.2) is 31.5 Å². The van der Waals surface area contributed by atoms with E-state index in [1.807, 2.05) is 0 Å². The summed E-state index contributed by atoms with van der Waals surface area (Å²) in [7, 11) is -3.85. The number of nitrogens with zero attached hydrogens (tertiary/aromatic N) is 2. The van der Waals surface area contributed by atoms with Crippen LogP contribution < -0.4 is 27.5 Å². The van der Waals surface area contributed by atoms with Gasteiger partial charge in [0.25, 0.3) is 5.56 Å². The van der Waals surface area contributed by atoms with E-state index in [0.717, 1.165) is 4.57 Å². The van der Waals surface area contributed by atoms with Crippen LogP contribution in [0.15, 0.2) is 58.6 Å². The van der Waals surface area contributed by atoms with Gasteiger partial charge in [0.2, 0.25) is 21.9 Å². The van der Waals surface area contributed by atoms with E-state index in [1.54, 1.807) is 30.3 Å². The molecule has 29 heavy (non-hydrogen) atoms. The van der Waals surface area contributed by atoms with Gasteiger partial charge in [-0.25, -0.2) is 8.42 Å². The second kappa shape index (κ2) is 9.59. The van der Waals surface area contributed by atoms with Gasteiger partial charge in [-0.3, -0.25) is 14.3 Å². The first-order chi connectivity index (χ1) is 13.7. The van der Waals surface area contributed by atoms with Crippen molar-refractivity contribution in [1.29, 1.82) is 0 Å². The number of carbonyl (C=O) groups is 1. The maximum Gasteiger partial charge on any atom is 0.275 e. The van der Waals surface area contributed by atoms with Crippen LogP contribution in [0.4, 0.5) is 5.69 Å². The Morgan fingerprint density at radius 3 is 2.45 bits per heavy atom. The molecule has 2 rings (SSSR count). The van der Waals surface area contributed by atoms with Crippen LogP contribution in [0.2, 0.25) is 0 Å². The molecule has 0 aliphatic heterocycles. The molecule has 156 valence electrons. The van der Waals surface area contributed by atoms with Gasteiger partial charge in [-0.05, 0) is 22.9 Å². The van der Waals surface area contributed by atoms with E-state index in [0.29, 0.717) is 5.56 Å². The van der Waals surface area contributed by atoms with Gasteiger partial charge < -0.3 is 26.6 Å². The fraction of sp³-hybridized carbons (Fsp3) is 0.235. The van der Waals surface area contributed by atoms with Crippen molar-refractivity contribution in [2.24, 2.45) is 22.4 Å². The highest BCUT2D eigenvalue weighted by atomic mass is 32.2. The van der Waals surface area contributed by atoms with Crippen LogP contribution in [0.1, 0.15) is 18.0 Å². The second-order valence-electron chi connectivity index (χ2n) is 6.04. The maximum atomic E-state index is 12.7. The summed E-state index contributed by atoms with van der Waals surface area (Å²) in [4.78, 5) is 29.3. The maximum absolute atomic E-state index is 12.7. The van der Waals surface area contributed by atoms with E-state index in [-0.39, 0.29) is 30.4 Å². The molecule has 0 saturated heterocycles. The SMILES string of the molecule is NC(=O)C(CCON=C(N)N)n1cccc(NS(=O)(=O)Cc2ccccc2)c1=O. The number of nitrogens with two attached hydrogens (primary N) is 3. The van der Waals surface area contributed by atoms with Crippen molar-refractivity contribution in [3.05, 3.63) is 64.6 Å². The van der Waals surface area contributed by atoms with Crippen LogP contribution in [-0.2, 0) is 25.4 Å². The molecule has 0 aliphatic carbocycles. The number of rotatable bonds is 10. The Kier molecular flexibility index (Phi) is 7.20. The fourth-order valence-electron chi connectivity index (χ4n) is 2.53. The molecule has 7 N–H and O–H groups in total. The first kappa shape index (κ1) is 21.8. The molecule has 0 bridgehead atoms. The van der Waals surface area contributed by atoms with Crippen molar-refractivity contribution in [2.45, 2.75) is 18.2 Å². The number of sulfonamides is 1. The number of amides is 1. The van der Waals surface area contributed by atoms with Crippen molar-refractivity contribution in [3.8, 4) is 0 Å². The monoisotopic (exact) mass is 422 g/mol. The molecule has 11 nitrogen and oxygen atoms in total. The third kappa shape index (κ3) is 6.53. The molecular formula is C17H22N6O5S. The Labute approximate surface area is 167 Å². The number of nitrogens with one attached hydrogen (secondary N) is 1. The number of benzene rings is 1. The Balaban J connectivity index is 2.21. The molecule has 12 heteroatoms. The molecule has 1 amide bonds. The topological polar surface area (TPSA) is 185 Å². The minimum Gasteiger partial charge on any atom is -0.393 e. The molecule has 0 fully saturated rings. The van der Waals surface area contributed by atoms with Crippen molar-refractivity contribution in [2.75, 3.05) is 11.3 Å². The van der Waals surface area contributed by atoms with Gasteiger partial charge in [-0.1, -0.05) is 30.3 Å². The summed E-state index contributed by atoms with van der Waals surface area (Å²) >= 11 is 0. The molecule has 1 unspecified atom stereocenters. The van der Waals surface area contributed by atoms with Gasteiger partial charge in [-0.2, -0.15) is 0 Å². The third-order valence-electron chi connectivity index (χ3n) is 3.76. The molecule has 1 heterocycles. The number of hydrogen-bond acceptors (Lipinski definition) is 6. The summed E-state index contributed by atoms with van der Waals surface area (Å²) in [6.45, 7) is -0.0953. The highest BCUT2D eigenvalue weighted by Crippen LogP contribution is 2.13. The quantitative estimate of drug-likeness (QED) is 0.170. The Hall–Kier alpha value is -3.54. The minimum atomic E-state index is -3.85.